The van der Waals surface area contributed by atoms with Crippen LogP contribution in [-0.4, -0.2) is 47.3 Å². The maximum atomic E-state index is 12.3. The third-order valence-corrected chi connectivity index (χ3v) is 7.00. The molecule has 7 nitrogen and oxygen atoms in total. The van der Waals surface area contributed by atoms with Crippen LogP contribution < -0.4 is 0 Å². The molecule has 2 aliphatic heterocycles. The highest BCUT2D eigenvalue weighted by molar-refractivity contribution is 7.90. The van der Waals surface area contributed by atoms with E-state index in [0.29, 0.717) is 30.7 Å². The lowest BCUT2D eigenvalue weighted by Crippen LogP contribution is -2.46. The molecule has 1 aromatic heterocycles. The van der Waals surface area contributed by atoms with Crippen LogP contribution in [-0.2, 0) is 14.8 Å². The zero-order chi connectivity index (χ0) is 14.6. The molecular weight excluding hydrogens is 294 g/mol. The minimum absolute atomic E-state index is 0.0514. The smallest absolute Gasteiger partial charge is 0.255 e. The molecule has 0 radical (unpaired) electrons. The molecule has 3 aliphatic rings. The monoisotopic (exact) mass is 313 g/mol. The van der Waals surface area contributed by atoms with Crippen LogP contribution in [0.4, 0.5) is 0 Å². The van der Waals surface area contributed by atoms with Crippen LogP contribution in [0.15, 0.2) is 4.52 Å². The number of aryl methyl sites for hydroxylation is 1. The van der Waals surface area contributed by atoms with Gasteiger partial charge in [-0.3, -0.25) is 0 Å². The van der Waals surface area contributed by atoms with Crippen LogP contribution in [0.1, 0.15) is 43.5 Å². The van der Waals surface area contributed by atoms with Gasteiger partial charge in [-0.1, -0.05) is 5.16 Å². The normalized spacial score (nSPS) is 34.0. The Kier molecular flexibility index (Phi) is 3.09. The van der Waals surface area contributed by atoms with Crippen molar-refractivity contribution in [2.75, 3.05) is 13.1 Å². The molecular formula is C13H19N3O4S. The first kappa shape index (κ1) is 13.7. The first-order valence-electron chi connectivity index (χ1n) is 7.48. The second-order valence-corrected chi connectivity index (χ2v) is 8.44. The molecule has 3 fully saturated rings. The van der Waals surface area contributed by atoms with E-state index in [0.717, 1.165) is 25.7 Å². The predicted octanol–water partition coefficient (Wildman–Crippen LogP) is 1.02. The van der Waals surface area contributed by atoms with E-state index >= 15 is 0 Å². The van der Waals surface area contributed by atoms with Crippen molar-refractivity contribution in [1.82, 2.24) is 14.4 Å². The fourth-order valence-corrected chi connectivity index (χ4v) is 5.18. The van der Waals surface area contributed by atoms with Gasteiger partial charge in [0.05, 0.1) is 11.4 Å². The van der Waals surface area contributed by atoms with Gasteiger partial charge in [-0.25, -0.2) is 8.42 Å². The molecule has 116 valence electrons. The Labute approximate surface area is 123 Å². The molecule has 0 bridgehead atoms. The summed E-state index contributed by atoms with van der Waals surface area (Å²) in [4.78, 5) is 4.22. The molecule has 1 aliphatic carbocycles. The van der Waals surface area contributed by atoms with E-state index in [-0.39, 0.29) is 17.5 Å². The average Bonchev–Trinajstić information content (AvgIpc) is 3.10. The van der Waals surface area contributed by atoms with Gasteiger partial charge in [0.1, 0.15) is 6.10 Å². The Morgan fingerprint density at radius 2 is 2.10 bits per heavy atom. The summed E-state index contributed by atoms with van der Waals surface area (Å²) >= 11 is 0. The highest BCUT2D eigenvalue weighted by atomic mass is 32.2. The molecule has 3 atom stereocenters. The van der Waals surface area contributed by atoms with Gasteiger partial charge < -0.3 is 9.26 Å². The summed E-state index contributed by atoms with van der Waals surface area (Å²) in [6.07, 6.45) is 3.05. The van der Waals surface area contributed by atoms with Gasteiger partial charge in [0, 0.05) is 13.1 Å². The zero-order valence-electron chi connectivity index (χ0n) is 11.9. The first-order chi connectivity index (χ1) is 10.0. The molecule has 21 heavy (non-hydrogen) atoms. The van der Waals surface area contributed by atoms with E-state index in [1.54, 1.807) is 11.2 Å². The lowest BCUT2D eigenvalue weighted by Gasteiger charge is -2.33. The largest absolute Gasteiger partial charge is 0.363 e. The standard InChI is InChI=1S/C13H19N3O4S/c1-8-14-13(20-15-8)11-6-9-4-5-16(7-12(9)19-11)21(17,18)10-2-3-10/h9-12H,2-7H2,1H3/t9-,11+,12+/m0/s1. The van der Waals surface area contributed by atoms with Crippen molar-refractivity contribution >= 4 is 10.0 Å². The van der Waals surface area contributed by atoms with Crippen LogP contribution in [0.3, 0.4) is 0 Å². The fourth-order valence-electron chi connectivity index (χ4n) is 3.31. The summed E-state index contributed by atoms with van der Waals surface area (Å²) in [6, 6.07) is 0. The molecule has 0 spiro atoms. The lowest BCUT2D eigenvalue weighted by atomic mass is 9.93. The van der Waals surface area contributed by atoms with E-state index in [9.17, 15) is 8.42 Å². The van der Waals surface area contributed by atoms with E-state index < -0.39 is 10.0 Å². The molecule has 4 rings (SSSR count). The number of fused-ring (bicyclic) bond motifs is 1. The average molecular weight is 313 g/mol. The number of piperidine rings is 1. The first-order valence-corrected chi connectivity index (χ1v) is 8.99. The maximum Gasteiger partial charge on any atom is 0.255 e. The maximum absolute atomic E-state index is 12.3. The van der Waals surface area contributed by atoms with Gasteiger partial charge in [-0.05, 0) is 38.5 Å². The van der Waals surface area contributed by atoms with Crippen molar-refractivity contribution in [2.45, 2.75) is 50.1 Å². The second-order valence-electron chi connectivity index (χ2n) is 6.23. The number of sulfonamides is 1. The van der Waals surface area contributed by atoms with E-state index in [4.69, 9.17) is 9.26 Å². The third-order valence-electron chi connectivity index (χ3n) is 4.64. The molecule has 0 amide bonds. The minimum Gasteiger partial charge on any atom is -0.363 e. The van der Waals surface area contributed by atoms with Crippen LogP contribution in [0, 0.1) is 12.8 Å². The quantitative estimate of drug-likeness (QED) is 0.828. The number of nitrogens with zero attached hydrogens (tertiary/aromatic N) is 3. The molecule has 1 aromatic rings. The summed E-state index contributed by atoms with van der Waals surface area (Å²) in [6.45, 7) is 2.85. The van der Waals surface area contributed by atoms with Gasteiger partial charge in [0.25, 0.3) is 5.89 Å². The summed E-state index contributed by atoms with van der Waals surface area (Å²) in [5.41, 5.74) is 0. The molecule has 0 N–H and O–H groups in total. The highest BCUT2D eigenvalue weighted by Gasteiger charge is 2.47. The van der Waals surface area contributed by atoms with E-state index in [2.05, 4.69) is 10.1 Å². The Morgan fingerprint density at radius 1 is 1.29 bits per heavy atom. The number of ether oxygens (including phenoxy) is 1. The summed E-state index contributed by atoms with van der Waals surface area (Å²) in [5.74, 6) is 1.49. The third kappa shape index (κ3) is 2.39. The van der Waals surface area contributed by atoms with Gasteiger partial charge in [-0.2, -0.15) is 9.29 Å². The van der Waals surface area contributed by atoms with E-state index in [1.807, 2.05) is 0 Å². The van der Waals surface area contributed by atoms with Gasteiger partial charge in [-0.15, -0.1) is 0 Å². The van der Waals surface area contributed by atoms with Crippen LogP contribution in [0.2, 0.25) is 0 Å². The second kappa shape index (κ2) is 4.76. The van der Waals surface area contributed by atoms with Gasteiger partial charge >= 0.3 is 0 Å². The molecule has 0 unspecified atom stereocenters. The van der Waals surface area contributed by atoms with Crippen LogP contribution in [0.25, 0.3) is 0 Å². The molecule has 2 saturated heterocycles. The lowest BCUT2D eigenvalue weighted by molar-refractivity contribution is -0.00206. The molecule has 8 heteroatoms. The summed E-state index contributed by atoms with van der Waals surface area (Å²) in [5, 5.41) is 3.64. The van der Waals surface area contributed by atoms with E-state index in [1.165, 1.54) is 0 Å². The van der Waals surface area contributed by atoms with Gasteiger partial charge in [0.15, 0.2) is 5.82 Å². The van der Waals surface area contributed by atoms with Crippen molar-refractivity contribution < 1.29 is 17.7 Å². The molecule has 0 aromatic carbocycles. The Bertz CT molecular complexity index is 640. The number of hydrogen-bond donors (Lipinski definition) is 0. The van der Waals surface area contributed by atoms with Crippen LogP contribution in [0.5, 0.6) is 0 Å². The predicted molar refractivity (Wildman–Crippen MR) is 72.9 cm³/mol. The zero-order valence-corrected chi connectivity index (χ0v) is 12.8. The summed E-state index contributed by atoms with van der Waals surface area (Å²) in [7, 11) is -3.10. The van der Waals surface area contributed by atoms with Crippen molar-refractivity contribution in [3.05, 3.63) is 11.7 Å². The van der Waals surface area contributed by atoms with Crippen LogP contribution >= 0.6 is 0 Å². The van der Waals surface area contributed by atoms with Crippen molar-refractivity contribution in [3.8, 4) is 0 Å². The summed E-state index contributed by atoms with van der Waals surface area (Å²) < 4.78 is 37.4. The topological polar surface area (TPSA) is 85.5 Å². The van der Waals surface area contributed by atoms with Gasteiger partial charge in [0.2, 0.25) is 10.0 Å². The SMILES string of the molecule is Cc1noc([C@H]2C[C@@H]3CCN(S(=O)(=O)C4CC4)C[C@H]3O2)n1. The Balaban J connectivity index is 1.47. The molecule has 3 heterocycles. The van der Waals surface area contributed by atoms with Crippen molar-refractivity contribution in [2.24, 2.45) is 5.92 Å². The van der Waals surface area contributed by atoms with Crippen molar-refractivity contribution in [1.29, 1.82) is 0 Å². The fraction of sp³-hybridized carbons (Fsp3) is 0.846. The minimum atomic E-state index is -3.10. The Morgan fingerprint density at radius 3 is 2.76 bits per heavy atom. The number of aromatic nitrogens is 2. The molecule has 1 saturated carbocycles. The van der Waals surface area contributed by atoms with Crippen molar-refractivity contribution in [3.63, 3.8) is 0 Å². The Hall–Kier alpha value is -0.990. The highest BCUT2D eigenvalue weighted by Crippen LogP contribution is 2.42. The number of hydrogen-bond acceptors (Lipinski definition) is 6. The number of rotatable bonds is 3.